The van der Waals surface area contributed by atoms with Crippen LogP contribution in [0.5, 0.6) is 0 Å². The van der Waals surface area contributed by atoms with Gasteiger partial charge in [0, 0.05) is 5.69 Å². The fourth-order valence-corrected chi connectivity index (χ4v) is 3.55. The number of anilines is 1. The zero-order chi connectivity index (χ0) is 17.6. The summed E-state index contributed by atoms with van der Waals surface area (Å²) in [5.74, 6) is 1.37. The lowest BCUT2D eigenvalue weighted by atomic mass is 10.1. The number of benzene rings is 1. The van der Waals surface area contributed by atoms with Gasteiger partial charge in [-0.3, -0.25) is 9.89 Å². The summed E-state index contributed by atoms with van der Waals surface area (Å²) in [6, 6.07) is 10.5. The zero-order valence-corrected chi connectivity index (χ0v) is 17.9. The number of likely N-dealkylation sites (N-methyl/N-ethyl adjacent to an activating group) is 1. The van der Waals surface area contributed by atoms with Crippen molar-refractivity contribution in [1.29, 1.82) is 0 Å². The Bertz CT molecular complexity index is 711. The molecule has 5 nitrogen and oxygen atoms in total. The molecule has 2 aromatic rings. The molecule has 1 unspecified atom stereocenters. The Kier molecular flexibility index (Phi) is 7.96. The molecule has 0 saturated carbocycles. The lowest BCUT2D eigenvalue weighted by molar-refractivity contribution is 0.198. The smallest absolute Gasteiger partial charge is 0.193 e. The molecule has 1 aromatic carbocycles. The number of fused-ring (bicyclic) bond motifs is 1. The molecule has 142 valence electrons. The van der Waals surface area contributed by atoms with Gasteiger partial charge in [0.1, 0.15) is 5.76 Å². The van der Waals surface area contributed by atoms with Crippen molar-refractivity contribution in [3.05, 3.63) is 53.5 Å². The monoisotopic (exact) mass is 468 g/mol. The molecule has 3 rings (SSSR count). The third-order valence-electron chi connectivity index (χ3n) is 4.93. The number of rotatable bonds is 7. The van der Waals surface area contributed by atoms with Crippen molar-refractivity contribution in [2.24, 2.45) is 10.7 Å². The summed E-state index contributed by atoms with van der Waals surface area (Å²) in [4.78, 5) is 6.89. The average Bonchev–Trinajstić information content (AvgIpc) is 3.29. The second-order valence-electron chi connectivity index (χ2n) is 6.44. The zero-order valence-electron chi connectivity index (χ0n) is 15.6. The summed E-state index contributed by atoms with van der Waals surface area (Å²) in [6.45, 7) is 6.74. The first-order valence-electron chi connectivity index (χ1n) is 9.17. The van der Waals surface area contributed by atoms with E-state index in [1.165, 1.54) is 24.0 Å². The van der Waals surface area contributed by atoms with E-state index in [9.17, 15) is 0 Å². The van der Waals surface area contributed by atoms with E-state index in [2.05, 4.69) is 47.3 Å². The number of nitrogens with zero attached hydrogens (tertiary/aromatic N) is 2. The van der Waals surface area contributed by atoms with Gasteiger partial charge in [-0.05, 0) is 67.7 Å². The van der Waals surface area contributed by atoms with Crippen molar-refractivity contribution in [3.8, 4) is 0 Å². The standard InChI is InChI=1S/C20H28N4O.HI/c1-3-24(4-2)18(19-9-6-12-25-19)14-22-20(21)23-17-11-10-15-7-5-8-16(15)13-17;/h6,9-13,18H,3-5,7-8,14H2,1-2H3,(H3,21,22,23);1H. The molecule has 26 heavy (non-hydrogen) atoms. The van der Waals surface area contributed by atoms with Crippen molar-refractivity contribution < 1.29 is 4.42 Å². The van der Waals surface area contributed by atoms with Crippen LogP contribution in [-0.2, 0) is 12.8 Å². The van der Waals surface area contributed by atoms with Gasteiger partial charge in [-0.25, -0.2) is 0 Å². The average molecular weight is 468 g/mol. The van der Waals surface area contributed by atoms with Gasteiger partial charge in [-0.15, -0.1) is 24.0 Å². The van der Waals surface area contributed by atoms with Crippen LogP contribution >= 0.6 is 24.0 Å². The highest BCUT2D eigenvalue weighted by Crippen LogP contribution is 2.25. The van der Waals surface area contributed by atoms with Gasteiger partial charge in [0.05, 0.1) is 18.8 Å². The predicted octanol–water partition coefficient (Wildman–Crippen LogP) is 4.20. The fraction of sp³-hybridized carbons (Fsp3) is 0.450. The first-order valence-corrected chi connectivity index (χ1v) is 9.17. The molecule has 0 amide bonds. The molecule has 0 saturated heterocycles. The predicted molar refractivity (Wildman–Crippen MR) is 118 cm³/mol. The number of hydrogen-bond donors (Lipinski definition) is 2. The highest BCUT2D eigenvalue weighted by molar-refractivity contribution is 14.0. The first-order chi connectivity index (χ1) is 12.2. The van der Waals surface area contributed by atoms with Gasteiger partial charge in [-0.1, -0.05) is 19.9 Å². The first kappa shape index (κ1) is 20.8. The number of guanidine groups is 1. The summed E-state index contributed by atoms with van der Waals surface area (Å²) in [5.41, 5.74) is 10.0. The summed E-state index contributed by atoms with van der Waals surface area (Å²) >= 11 is 0. The molecule has 0 bridgehead atoms. The van der Waals surface area contributed by atoms with E-state index in [-0.39, 0.29) is 30.0 Å². The van der Waals surface area contributed by atoms with Crippen LogP contribution in [0.15, 0.2) is 46.0 Å². The van der Waals surface area contributed by atoms with Crippen LogP contribution < -0.4 is 11.1 Å². The van der Waals surface area contributed by atoms with Gasteiger partial charge in [0.25, 0.3) is 0 Å². The molecule has 6 heteroatoms. The molecule has 0 spiro atoms. The van der Waals surface area contributed by atoms with Crippen LogP contribution in [0.1, 0.15) is 43.2 Å². The minimum absolute atomic E-state index is 0. The lowest BCUT2D eigenvalue weighted by Gasteiger charge is -2.26. The molecule has 0 aliphatic heterocycles. The summed E-state index contributed by atoms with van der Waals surface area (Å²) in [7, 11) is 0. The van der Waals surface area contributed by atoms with E-state index in [1.807, 2.05) is 12.1 Å². The molecule has 1 aromatic heterocycles. The Morgan fingerprint density at radius 1 is 1.23 bits per heavy atom. The fourth-order valence-electron chi connectivity index (χ4n) is 3.55. The topological polar surface area (TPSA) is 66.8 Å². The third kappa shape index (κ3) is 5.01. The Balaban J connectivity index is 0.00000243. The van der Waals surface area contributed by atoms with E-state index in [1.54, 1.807) is 6.26 Å². The van der Waals surface area contributed by atoms with Crippen LogP contribution in [0, 0.1) is 0 Å². The van der Waals surface area contributed by atoms with Gasteiger partial charge in [-0.2, -0.15) is 0 Å². The summed E-state index contributed by atoms with van der Waals surface area (Å²) in [5, 5.41) is 3.23. The largest absolute Gasteiger partial charge is 0.468 e. The molecule has 0 fully saturated rings. The van der Waals surface area contributed by atoms with E-state index < -0.39 is 0 Å². The van der Waals surface area contributed by atoms with Crippen LogP contribution in [0.4, 0.5) is 5.69 Å². The number of nitrogens with two attached hydrogens (primary N) is 1. The van der Waals surface area contributed by atoms with Crippen molar-refractivity contribution in [3.63, 3.8) is 0 Å². The normalized spacial score (nSPS) is 14.8. The van der Waals surface area contributed by atoms with Crippen molar-refractivity contribution in [2.75, 3.05) is 25.0 Å². The molecular weight excluding hydrogens is 439 g/mol. The van der Waals surface area contributed by atoms with Gasteiger partial charge in [0.15, 0.2) is 5.96 Å². The third-order valence-corrected chi connectivity index (χ3v) is 4.93. The lowest BCUT2D eigenvalue weighted by Crippen LogP contribution is -2.31. The van der Waals surface area contributed by atoms with Gasteiger partial charge < -0.3 is 15.5 Å². The minimum atomic E-state index is 0. The van der Waals surface area contributed by atoms with Crippen molar-refractivity contribution in [2.45, 2.75) is 39.2 Å². The molecule has 1 heterocycles. The van der Waals surface area contributed by atoms with E-state index in [0.29, 0.717) is 12.5 Å². The van der Waals surface area contributed by atoms with Crippen molar-refractivity contribution >= 4 is 35.6 Å². The SMILES string of the molecule is CCN(CC)C(CN=C(N)Nc1ccc2c(c1)CCC2)c1ccco1.I. The molecular formula is C20H29IN4O. The van der Waals surface area contributed by atoms with Crippen molar-refractivity contribution in [1.82, 2.24) is 4.90 Å². The summed E-state index contributed by atoms with van der Waals surface area (Å²) in [6.07, 6.45) is 5.30. The van der Waals surface area contributed by atoms with Gasteiger partial charge >= 0.3 is 0 Å². The number of furan rings is 1. The molecule has 1 atom stereocenters. The molecule has 3 N–H and O–H groups in total. The highest BCUT2D eigenvalue weighted by Gasteiger charge is 2.20. The number of aliphatic imine (C=N–C) groups is 1. The van der Waals surface area contributed by atoms with E-state index in [4.69, 9.17) is 10.2 Å². The maximum atomic E-state index is 6.13. The molecule has 0 radical (unpaired) electrons. The number of hydrogen-bond acceptors (Lipinski definition) is 3. The van der Waals surface area contributed by atoms with Crippen LogP contribution in [0.25, 0.3) is 0 Å². The maximum absolute atomic E-state index is 6.13. The second-order valence-corrected chi connectivity index (χ2v) is 6.44. The van der Waals surface area contributed by atoms with E-state index >= 15 is 0 Å². The van der Waals surface area contributed by atoms with Crippen LogP contribution in [-0.4, -0.2) is 30.5 Å². The number of halogens is 1. The Morgan fingerprint density at radius 3 is 2.69 bits per heavy atom. The number of aryl methyl sites for hydroxylation is 2. The van der Waals surface area contributed by atoms with Crippen LogP contribution in [0.3, 0.4) is 0 Å². The maximum Gasteiger partial charge on any atom is 0.193 e. The van der Waals surface area contributed by atoms with E-state index in [0.717, 1.165) is 31.0 Å². The minimum Gasteiger partial charge on any atom is -0.468 e. The summed E-state index contributed by atoms with van der Waals surface area (Å²) < 4.78 is 5.61. The van der Waals surface area contributed by atoms with Crippen LogP contribution in [0.2, 0.25) is 0 Å². The number of nitrogens with one attached hydrogen (secondary N) is 1. The van der Waals surface area contributed by atoms with Gasteiger partial charge in [0.2, 0.25) is 0 Å². The molecule has 1 aliphatic carbocycles. The molecule has 1 aliphatic rings. The Labute approximate surface area is 173 Å². The Morgan fingerprint density at radius 2 is 2.00 bits per heavy atom. The quantitative estimate of drug-likeness (QED) is 0.363. The second kappa shape index (κ2) is 9.97. The highest BCUT2D eigenvalue weighted by atomic mass is 127. The Hall–Kier alpha value is -1.54.